The Balaban J connectivity index is 2.41. The van der Waals surface area contributed by atoms with E-state index in [1.807, 2.05) is 31.2 Å². The highest BCUT2D eigenvalue weighted by molar-refractivity contribution is 7.89. The number of nitrogens with zero attached hydrogens (tertiary/aromatic N) is 1. The summed E-state index contributed by atoms with van der Waals surface area (Å²) in [5.41, 5.74) is 0.788. The molecular formula is C18H23NO5S. The second kappa shape index (κ2) is 7.76. The van der Waals surface area contributed by atoms with Crippen LogP contribution in [-0.4, -0.2) is 41.1 Å². The summed E-state index contributed by atoms with van der Waals surface area (Å²) in [4.78, 5) is 0.134. The maximum Gasteiger partial charge on any atom is 0.243 e. The summed E-state index contributed by atoms with van der Waals surface area (Å²) >= 11 is 0. The van der Waals surface area contributed by atoms with Crippen LogP contribution in [0.3, 0.4) is 0 Å². The first kappa shape index (κ1) is 19.1. The van der Waals surface area contributed by atoms with E-state index in [0.717, 1.165) is 5.56 Å². The standard InChI is InChI=1S/C18H23NO5S/c1-13(15-8-6-7-9-16(15)22-3)19(2)25(20,21)14-10-11-17(23-4)18(12-14)24-5/h6-13H,1-5H3. The Hall–Kier alpha value is -2.25. The summed E-state index contributed by atoms with van der Waals surface area (Å²) in [5.74, 6) is 1.48. The lowest BCUT2D eigenvalue weighted by molar-refractivity contribution is 0.352. The number of rotatable bonds is 7. The third-order valence-electron chi connectivity index (χ3n) is 4.17. The fraction of sp³-hybridized carbons (Fsp3) is 0.333. The van der Waals surface area contributed by atoms with E-state index in [0.29, 0.717) is 17.2 Å². The minimum Gasteiger partial charge on any atom is -0.496 e. The first-order chi connectivity index (χ1) is 11.9. The molecule has 0 saturated heterocycles. The van der Waals surface area contributed by atoms with Crippen molar-refractivity contribution in [2.24, 2.45) is 0 Å². The first-order valence-electron chi connectivity index (χ1n) is 7.69. The smallest absolute Gasteiger partial charge is 0.243 e. The fourth-order valence-electron chi connectivity index (χ4n) is 2.56. The van der Waals surface area contributed by atoms with Crippen LogP contribution >= 0.6 is 0 Å². The highest BCUT2D eigenvalue weighted by Gasteiger charge is 2.28. The normalized spacial score (nSPS) is 12.7. The molecule has 0 aromatic heterocycles. The maximum absolute atomic E-state index is 13.0. The van der Waals surface area contributed by atoms with Crippen molar-refractivity contribution >= 4 is 10.0 Å². The molecule has 0 radical (unpaired) electrons. The monoisotopic (exact) mass is 365 g/mol. The van der Waals surface area contributed by atoms with E-state index in [4.69, 9.17) is 14.2 Å². The van der Waals surface area contributed by atoms with Crippen LogP contribution in [0.1, 0.15) is 18.5 Å². The lowest BCUT2D eigenvalue weighted by Gasteiger charge is -2.26. The highest BCUT2D eigenvalue weighted by Crippen LogP contribution is 2.34. The molecule has 0 aliphatic carbocycles. The summed E-state index contributed by atoms with van der Waals surface area (Å²) in [6.45, 7) is 1.82. The summed E-state index contributed by atoms with van der Waals surface area (Å²) in [5, 5.41) is 0. The van der Waals surface area contributed by atoms with Crippen molar-refractivity contribution in [3.05, 3.63) is 48.0 Å². The summed E-state index contributed by atoms with van der Waals surface area (Å²) < 4.78 is 43.0. The third kappa shape index (κ3) is 3.72. The average molecular weight is 365 g/mol. The molecule has 0 saturated carbocycles. The number of para-hydroxylation sites is 1. The highest BCUT2D eigenvalue weighted by atomic mass is 32.2. The molecule has 0 heterocycles. The molecule has 0 fully saturated rings. The van der Waals surface area contributed by atoms with Crippen molar-refractivity contribution in [2.45, 2.75) is 17.9 Å². The molecule has 1 unspecified atom stereocenters. The Morgan fingerprint density at radius 2 is 1.48 bits per heavy atom. The summed E-state index contributed by atoms with van der Waals surface area (Å²) in [6.07, 6.45) is 0. The van der Waals surface area contributed by atoms with E-state index < -0.39 is 16.1 Å². The fourth-order valence-corrected chi connectivity index (χ4v) is 3.92. The zero-order valence-electron chi connectivity index (χ0n) is 15.0. The van der Waals surface area contributed by atoms with Crippen LogP contribution in [0.2, 0.25) is 0 Å². The van der Waals surface area contributed by atoms with Gasteiger partial charge in [-0.05, 0) is 25.1 Å². The van der Waals surface area contributed by atoms with E-state index in [1.54, 1.807) is 20.2 Å². The predicted molar refractivity (Wildman–Crippen MR) is 95.9 cm³/mol. The van der Waals surface area contributed by atoms with Crippen molar-refractivity contribution in [3.8, 4) is 17.2 Å². The SMILES string of the molecule is COc1ccc(S(=O)(=O)N(C)C(C)c2ccccc2OC)cc1OC. The molecule has 0 aliphatic rings. The number of sulfonamides is 1. The van der Waals surface area contributed by atoms with Gasteiger partial charge in [0.2, 0.25) is 10.0 Å². The quantitative estimate of drug-likeness (QED) is 0.754. The lowest BCUT2D eigenvalue weighted by atomic mass is 10.1. The molecule has 25 heavy (non-hydrogen) atoms. The van der Waals surface area contributed by atoms with E-state index >= 15 is 0 Å². The second-order valence-electron chi connectivity index (χ2n) is 5.46. The molecule has 136 valence electrons. The van der Waals surface area contributed by atoms with E-state index in [-0.39, 0.29) is 4.90 Å². The van der Waals surface area contributed by atoms with E-state index in [2.05, 4.69) is 0 Å². The average Bonchev–Trinajstić information content (AvgIpc) is 2.65. The Morgan fingerprint density at radius 3 is 2.08 bits per heavy atom. The Kier molecular flexibility index (Phi) is 5.92. The Morgan fingerprint density at radius 1 is 0.880 bits per heavy atom. The van der Waals surface area contributed by atoms with Crippen LogP contribution in [0.25, 0.3) is 0 Å². The van der Waals surface area contributed by atoms with Gasteiger partial charge in [-0.15, -0.1) is 0 Å². The minimum atomic E-state index is -3.73. The van der Waals surface area contributed by atoms with Crippen LogP contribution < -0.4 is 14.2 Å². The molecule has 0 spiro atoms. The van der Waals surface area contributed by atoms with Gasteiger partial charge in [0, 0.05) is 18.7 Å². The van der Waals surface area contributed by atoms with Gasteiger partial charge < -0.3 is 14.2 Å². The van der Waals surface area contributed by atoms with E-state index in [1.165, 1.54) is 30.7 Å². The maximum atomic E-state index is 13.0. The van der Waals surface area contributed by atoms with Crippen LogP contribution in [0.4, 0.5) is 0 Å². The zero-order valence-corrected chi connectivity index (χ0v) is 15.8. The number of methoxy groups -OCH3 is 3. The van der Waals surface area contributed by atoms with Crippen LogP contribution in [0.5, 0.6) is 17.2 Å². The molecule has 2 aromatic rings. The van der Waals surface area contributed by atoms with Gasteiger partial charge >= 0.3 is 0 Å². The van der Waals surface area contributed by atoms with Crippen LogP contribution in [-0.2, 0) is 10.0 Å². The van der Waals surface area contributed by atoms with Crippen molar-refractivity contribution in [3.63, 3.8) is 0 Å². The van der Waals surface area contributed by atoms with Crippen molar-refractivity contribution < 1.29 is 22.6 Å². The molecular weight excluding hydrogens is 342 g/mol. The summed E-state index contributed by atoms with van der Waals surface area (Å²) in [6, 6.07) is 11.5. The van der Waals surface area contributed by atoms with Gasteiger partial charge in [-0.25, -0.2) is 8.42 Å². The van der Waals surface area contributed by atoms with Crippen molar-refractivity contribution in [1.82, 2.24) is 4.31 Å². The van der Waals surface area contributed by atoms with Gasteiger partial charge in [0.15, 0.2) is 11.5 Å². The van der Waals surface area contributed by atoms with Gasteiger partial charge in [-0.3, -0.25) is 0 Å². The second-order valence-corrected chi connectivity index (χ2v) is 7.45. The number of hydrogen-bond donors (Lipinski definition) is 0. The molecule has 2 aromatic carbocycles. The molecule has 2 rings (SSSR count). The number of benzene rings is 2. The van der Waals surface area contributed by atoms with Crippen LogP contribution in [0.15, 0.2) is 47.4 Å². The molecule has 6 nitrogen and oxygen atoms in total. The number of hydrogen-bond acceptors (Lipinski definition) is 5. The predicted octanol–water partition coefficient (Wildman–Crippen LogP) is 3.09. The first-order valence-corrected chi connectivity index (χ1v) is 9.13. The molecule has 7 heteroatoms. The van der Waals surface area contributed by atoms with Gasteiger partial charge in [0.1, 0.15) is 5.75 Å². The van der Waals surface area contributed by atoms with E-state index in [9.17, 15) is 8.42 Å². The number of ether oxygens (including phenoxy) is 3. The molecule has 0 aliphatic heterocycles. The Labute approximate surface area is 149 Å². The van der Waals surface area contributed by atoms with Gasteiger partial charge in [0.25, 0.3) is 0 Å². The van der Waals surface area contributed by atoms with Crippen molar-refractivity contribution in [1.29, 1.82) is 0 Å². The minimum absolute atomic E-state index is 0.134. The van der Waals surface area contributed by atoms with Crippen molar-refractivity contribution in [2.75, 3.05) is 28.4 Å². The van der Waals surface area contributed by atoms with Gasteiger partial charge in [-0.1, -0.05) is 18.2 Å². The molecule has 1 atom stereocenters. The summed E-state index contributed by atoms with van der Waals surface area (Å²) in [7, 11) is 2.35. The van der Waals surface area contributed by atoms with Gasteiger partial charge in [-0.2, -0.15) is 4.31 Å². The molecule has 0 N–H and O–H groups in total. The Bertz CT molecular complexity index is 835. The van der Waals surface area contributed by atoms with Crippen LogP contribution in [0, 0.1) is 0 Å². The third-order valence-corrected chi connectivity index (χ3v) is 6.09. The largest absolute Gasteiger partial charge is 0.496 e. The topological polar surface area (TPSA) is 65.1 Å². The van der Waals surface area contributed by atoms with Gasteiger partial charge in [0.05, 0.1) is 32.3 Å². The lowest BCUT2D eigenvalue weighted by Crippen LogP contribution is -2.30. The molecule has 0 amide bonds. The zero-order chi connectivity index (χ0) is 18.6. The molecule has 0 bridgehead atoms.